The Labute approximate surface area is 179 Å². The number of aryl methyl sites for hydroxylation is 1. The second-order valence-electron chi connectivity index (χ2n) is 6.89. The van der Waals surface area contributed by atoms with Gasteiger partial charge in [0.1, 0.15) is 18.1 Å². The molecule has 0 unspecified atom stereocenters. The van der Waals surface area contributed by atoms with Crippen molar-refractivity contribution in [2.45, 2.75) is 25.3 Å². The number of ether oxygens (including phenoxy) is 2. The van der Waals surface area contributed by atoms with Crippen molar-refractivity contribution in [1.29, 1.82) is 0 Å². The molecule has 1 aliphatic heterocycles. The van der Waals surface area contributed by atoms with Gasteiger partial charge in [0, 0.05) is 11.6 Å². The Morgan fingerprint density at radius 3 is 2.87 bits per heavy atom. The summed E-state index contributed by atoms with van der Waals surface area (Å²) in [6.45, 7) is 3.98. The molecule has 0 saturated heterocycles. The van der Waals surface area contributed by atoms with E-state index < -0.39 is 12.2 Å². The molecule has 2 aromatic rings. The molecule has 0 spiro atoms. The van der Waals surface area contributed by atoms with Crippen molar-refractivity contribution in [2.75, 3.05) is 18.1 Å². The van der Waals surface area contributed by atoms with Crippen molar-refractivity contribution in [2.24, 2.45) is 5.73 Å². The highest BCUT2D eigenvalue weighted by atomic mass is 35.5. The Morgan fingerprint density at radius 1 is 1.33 bits per heavy atom. The zero-order chi connectivity index (χ0) is 21.7. The summed E-state index contributed by atoms with van der Waals surface area (Å²) in [5.41, 5.74) is 8.27. The van der Waals surface area contributed by atoms with E-state index in [1.807, 2.05) is 6.07 Å². The summed E-state index contributed by atoms with van der Waals surface area (Å²) >= 11 is 6.29. The molecule has 158 valence electrons. The zero-order valence-electron chi connectivity index (χ0n) is 16.3. The Bertz CT molecular complexity index is 963. The molecule has 1 heterocycles. The SMILES string of the molecule is C=CCOC(=O)Oc1ccc(C[C@@H](N)C(=O)N2CCCc3cccc(O)c32)c(Cl)c1. The van der Waals surface area contributed by atoms with E-state index >= 15 is 0 Å². The van der Waals surface area contributed by atoms with Crippen molar-refractivity contribution in [1.82, 2.24) is 0 Å². The number of nitrogens with zero attached hydrogens (tertiary/aromatic N) is 1. The molecule has 30 heavy (non-hydrogen) atoms. The minimum Gasteiger partial charge on any atom is -0.506 e. The Hall–Kier alpha value is -3.03. The van der Waals surface area contributed by atoms with E-state index in [4.69, 9.17) is 26.8 Å². The van der Waals surface area contributed by atoms with Crippen LogP contribution in [-0.4, -0.2) is 36.4 Å². The third-order valence-corrected chi connectivity index (χ3v) is 5.12. The zero-order valence-corrected chi connectivity index (χ0v) is 17.1. The normalized spacial score (nSPS) is 13.9. The molecule has 0 aromatic heterocycles. The maximum Gasteiger partial charge on any atom is 0.514 e. The lowest BCUT2D eigenvalue weighted by atomic mass is 9.98. The topological polar surface area (TPSA) is 102 Å². The third kappa shape index (κ3) is 4.93. The summed E-state index contributed by atoms with van der Waals surface area (Å²) in [4.78, 5) is 26.0. The van der Waals surface area contributed by atoms with Crippen LogP contribution in [0.2, 0.25) is 5.02 Å². The van der Waals surface area contributed by atoms with Crippen molar-refractivity contribution in [3.63, 3.8) is 0 Å². The first-order valence-electron chi connectivity index (χ1n) is 9.52. The fraction of sp³-hybridized carbons (Fsp3) is 0.273. The van der Waals surface area contributed by atoms with Crippen LogP contribution < -0.4 is 15.4 Å². The smallest absolute Gasteiger partial charge is 0.506 e. The van der Waals surface area contributed by atoms with Gasteiger partial charge in [-0.1, -0.05) is 42.5 Å². The maximum absolute atomic E-state index is 13.0. The van der Waals surface area contributed by atoms with Crippen LogP contribution in [0.5, 0.6) is 11.5 Å². The molecule has 0 bridgehead atoms. The molecule has 0 fully saturated rings. The number of phenolic OH excluding ortho intramolecular Hbond substituents is 1. The lowest BCUT2D eigenvalue weighted by Gasteiger charge is -2.32. The van der Waals surface area contributed by atoms with Crippen molar-refractivity contribution in [3.05, 3.63) is 65.2 Å². The Kier molecular flexibility index (Phi) is 6.97. The average molecular weight is 431 g/mol. The molecule has 1 atom stereocenters. The monoisotopic (exact) mass is 430 g/mol. The van der Waals surface area contributed by atoms with Gasteiger partial charge in [-0.25, -0.2) is 4.79 Å². The number of amides is 1. The number of hydrogen-bond donors (Lipinski definition) is 2. The average Bonchev–Trinajstić information content (AvgIpc) is 2.73. The first kappa shape index (κ1) is 21.7. The summed E-state index contributed by atoms with van der Waals surface area (Å²) in [6.07, 6.45) is 2.35. The largest absolute Gasteiger partial charge is 0.514 e. The van der Waals surface area contributed by atoms with E-state index in [9.17, 15) is 14.7 Å². The second-order valence-corrected chi connectivity index (χ2v) is 7.30. The molecule has 8 heteroatoms. The molecule has 2 aromatic carbocycles. The highest BCUT2D eigenvalue weighted by molar-refractivity contribution is 6.31. The lowest BCUT2D eigenvalue weighted by Crippen LogP contribution is -2.47. The van der Waals surface area contributed by atoms with E-state index in [1.165, 1.54) is 12.1 Å². The van der Waals surface area contributed by atoms with Gasteiger partial charge in [0.25, 0.3) is 0 Å². The minimum atomic E-state index is -0.867. The van der Waals surface area contributed by atoms with Gasteiger partial charge >= 0.3 is 6.16 Å². The second kappa shape index (κ2) is 9.65. The van der Waals surface area contributed by atoms with Crippen LogP contribution in [0.15, 0.2) is 49.1 Å². The summed E-state index contributed by atoms with van der Waals surface area (Å²) < 4.78 is 9.78. The number of fused-ring (bicyclic) bond motifs is 1. The Balaban J connectivity index is 1.69. The highest BCUT2D eigenvalue weighted by Gasteiger charge is 2.29. The van der Waals surface area contributed by atoms with Gasteiger partial charge in [0.15, 0.2) is 0 Å². The molecule has 1 aliphatic rings. The van der Waals surface area contributed by atoms with Crippen LogP contribution in [0.3, 0.4) is 0 Å². The van der Waals surface area contributed by atoms with Gasteiger partial charge in [-0.2, -0.15) is 0 Å². The molecule has 3 N–H and O–H groups in total. The maximum atomic E-state index is 13.0. The van der Waals surface area contributed by atoms with Crippen molar-refractivity contribution >= 4 is 29.4 Å². The number of rotatable bonds is 6. The van der Waals surface area contributed by atoms with Gasteiger partial charge in [-0.3, -0.25) is 4.79 Å². The molecule has 7 nitrogen and oxygen atoms in total. The van der Waals surface area contributed by atoms with Crippen LogP contribution >= 0.6 is 11.6 Å². The summed E-state index contributed by atoms with van der Waals surface area (Å²) in [5, 5.41) is 10.5. The van der Waals surface area contributed by atoms with Gasteiger partial charge < -0.3 is 25.2 Å². The van der Waals surface area contributed by atoms with Crippen LogP contribution in [0.1, 0.15) is 17.5 Å². The molecule has 0 aliphatic carbocycles. The fourth-order valence-corrected chi connectivity index (χ4v) is 3.63. The molecule has 0 radical (unpaired) electrons. The van der Waals surface area contributed by atoms with Crippen LogP contribution in [0, 0.1) is 0 Å². The van der Waals surface area contributed by atoms with Crippen LogP contribution in [-0.2, 0) is 22.4 Å². The molecular weight excluding hydrogens is 408 g/mol. The van der Waals surface area contributed by atoms with E-state index in [1.54, 1.807) is 29.2 Å². The first-order chi connectivity index (χ1) is 14.4. The van der Waals surface area contributed by atoms with Gasteiger partial charge in [0.05, 0.1) is 11.7 Å². The number of aromatic hydroxyl groups is 1. The Morgan fingerprint density at radius 2 is 2.13 bits per heavy atom. The summed E-state index contributed by atoms with van der Waals surface area (Å²) in [7, 11) is 0. The molecule has 0 saturated carbocycles. The number of carbonyl (C=O) groups excluding carboxylic acids is 2. The predicted molar refractivity (Wildman–Crippen MR) is 114 cm³/mol. The van der Waals surface area contributed by atoms with Gasteiger partial charge in [-0.15, -0.1) is 0 Å². The lowest BCUT2D eigenvalue weighted by molar-refractivity contribution is -0.119. The standard InChI is InChI=1S/C22H23ClN2O5/c1-2-11-29-22(28)30-16-9-8-15(17(23)13-16)12-18(24)21(27)25-10-4-6-14-5-3-7-19(26)20(14)25/h2-3,5,7-9,13,18,26H,1,4,6,10-12,24H2/t18-/m1/s1. The van der Waals surface area contributed by atoms with Crippen molar-refractivity contribution in [3.8, 4) is 11.5 Å². The number of hydrogen-bond acceptors (Lipinski definition) is 6. The highest BCUT2D eigenvalue weighted by Crippen LogP contribution is 2.36. The first-order valence-corrected chi connectivity index (χ1v) is 9.90. The predicted octanol–water partition coefficient (Wildman–Crippen LogP) is 3.60. The summed E-state index contributed by atoms with van der Waals surface area (Å²) in [5.74, 6) is -0.00920. The number of anilines is 1. The van der Waals surface area contributed by atoms with Gasteiger partial charge in [0.2, 0.25) is 5.91 Å². The van der Waals surface area contributed by atoms with Crippen molar-refractivity contribution < 1.29 is 24.2 Å². The van der Waals surface area contributed by atoms with E-state index in [-0.39, 0.29) is 30.4 Å². The molecule has 1 amide bonds. The number of benzene rings is 2. The quantitative estimate of drug-likeness (QED) is 0.412. The minimum absolute atomic E-state index is 0.0385. The number of nitrogens with two attached hydrogens (primary N) is 1. The van der Waals surface area contributed by atoms with E-state index in [2.05, 4.69) is 6.58 Å². The number of phenols is 1. The van der Waals surface area contributed by atoms with E-state index in [0.717, 1.165) is 18.4 Å². The molecular formula is C22H23ClN2O5. The fourth-order valence-electron chi connectivity index (χ4n) is 3.39. The number of halogens is 1. The van der Waals surface area contributed by atoms with Gasteiger partial charge in [-0.05, 0) is 48.6 Å². The van der Waals surface area contributed by atoms with E-state index in [0.29, 0.717) is 22.8 Å². The van der Waals surface area contributed by atoms with Crippen LogP contribution in [0.25, 0.3) is 0 Å². The third-order valence-electron chi connectivity index (χ3n) is 4.76. The number of para-hydroxylation sites is 1. The summed E-state index contributed by atoms with van der Waals surface area (Å²) in [6, 6.07) is 9.03. The number of carbonyl (C=O) groups is 2. The van der Waals surface area contributed by atoms with Crippen LogP contribution in [0.4, 0.5) is 10.5 Å². The molecule has 3 rings (SSSR count).